The van der Waals surface area contributed by atoms with Gasteiger partial charge in [0, 0.05) is 5.56 Å². The lowest BCUT2D eigenvalue weighted by Crippen LogP contribution is -2.01. The van der Waals surface area contributed by atoms with Gasteiger partial charge in [-0.05, 0) is 18.4 Å². The van der Waals surface area contributed by atoms with Crippen LogP contribution in [0.2, 0.25) is 0 Å². The summed E-state index contributed by atoms with van der Waals surface area (Å²) in [4.78, 5) is 17.2. The minimum absolute atomic E-state index is 0.139. The summed E-state index contributed by atoms with van der Waals surface area (Å²) in [5.74, 6) is 0.139. The van der Waals surface area contributed by atoms with Crippen molar-refractivity contribution in [2.24, 2.45) is 0 Å². The number of aryl methyl sites for hydroxylation is 2. The third kappa shape index (κ3) is 1.31. The molecule has 0 bridgehead atoms. The second-order valence-electron chi connectivity index (χ2n) is 3.61. The molecule has 1 heterocycles. The predicted molar refractivity (Wildman–Crippen MR) is 59.4 cm³/mol. The number of hydrogen-bond donors (Lipinski definition) is 0. The van der Waals surface area contributed by atoms with Gasteiger partial charge in [-0.3, -0.25) is 4.79 Å². The summed E-state index contributed by atoms with van der Waals surface area (Å²) in [6.07, 6.45) is 1.79. The van der Waals surface area contributed by atoms with Crippen LogP contribution in [0.25, 0.3) is 0 Å². The normalized spacial score (nSPS) is 14.3. The Balaban J connectivity index is 2.22. The molecule has 0 aliphatic heterocycles. The molecule has 0 saturated carbocycles. The standard InChI is InChI=1S/C12H9NOS/c14-11-9-4-2-1-3-8(9)5-6-10-12(11)15-7-13-10/h1-4,7H,5-6H2. The molecular formula is C12H9NOS. The smallest absolute Gasteiger partial charge is 0.205 e. The van der Waals surface area contributed by atoms with Gasteiger partial charge in [0.2, 0.25) is 5.78 Å². The molecule has 3 rings (SSSR count). The molecule has 1 aromatic heterocycles. The molecule has 0 unspecified atom stereocenters. The van der Waals surface area contributed by atoms with Crippen LogP contribution in [-0.2, 0) is 12.8 Å². The van der Waals surface area contributed by atoms with Gasteiger partial charge in [-0.1, -0.05) is 24.3 Å². The van der Waals surface area contributed by atoms with E-state index in [9.17, 15) is 4.79 Å². The molecule has 0 saturated heterocycles. The third-order valence-corrected chi connectivity index (χ3v) is 3.61. The van der Waals surface area contributed by atoms with Crippen LogP contribution in [0.3, 0.4) is 0 Å². The summed E-state index contributed by atoms with van der Waals surface area (Å²) < 4.78 is 0. The van der Waals surface area contributed by atoms with Gasteiger partial charge >= 0.3 is 0 Å². The zero-order chi connectivity index (χ0) is 10.3. The number of rotatable bonds is 0. The lowest BCUT2D eigenvalue weighted by Gasteiger charge is -2.01. The molecule has 2 nitrogen and oxygen atoms in total. The molecule has 0 atom stereocenters. The summed E-state index contributed by atoms with van der Waals surface area (Å²) in [6.45, 7) is 0. The van der Waals surface area contributed by atoms with E-state index in [4.69, 9.17) is 0 Å². The number of thiazole rings is 1. The van der Waals surface area contributed by atoms with E-state index in [1.165, 1.54) is 11.3 Å². The molecule has 15 heavy (non-hydrogen) atoms. The Bertz CT molecular complexity index is 530. The van der Waals surface area contributed by atoms with Gasteiger partial charge in [0.05, 0.1) is 16.1 Å². The maximum atomic E-state index is 12.2. The highest BCUT2D eigenvalue weighted by atomic mass is 32.1. The lowest BCUT2D eigenvalue weighted by molar-refractivity contribution is 0.104. The van der Waals surface area contributed by atoms with E-state index in [1.807, 2.05) is 24.3 Å². The Morgan fingerprint density at radius 1 is 1.20 bits per heavy atom. The SMILES string of the molecule is O=C1c2ccccc2CCc2ncsc21. The van der Waals surface area contributed by atoms with E-state index in [-0.39, 0.29) is 5.78 Å². The zero-order valence-corrected chi connectivity index (χ0v) is 8.88. The fourth-order valence-corrected chi connectivity index (χ4v) is 2.76. The van der Waals surface area contributed by atoms with Crippen molar-refractivity contribution in [3.05, 3.63) is 51.5 Å². The maximum absolute atomic E-state index is 12.2. The lowest BCUT2D eigenvalue weighted by atomic mass is 10.0. The van der Waals surface area contributed by atoms with Gasteiger partial charge in [-0.15, -0.1) is 11.3 Å². The number of ketones is 1. The Hall–Kier alpha value is -1.48. The van der Waals surface area contributed by atoms with E-state index in [1.54, 1.807) is 5.51 Å². The second kappa shape index (κ2) is 3.28. The Morgan fingerprint density at radius 2 is 2.07 bits per heavy atom. The fraction of sp³-hybridized carbons (Fsp3) is 0.167. The van der Waals surface area contributed by atoms with Crippen LogP contribution in [0, 0.1) is 0 Å². The van der Waals surface area contributed by atoms with Gasteiger partial charge in [0.1, 0.15) is 0 Å². The zero-order valence-electron chi connectivity index (χ0n) is 8.06. The topological polar surface area (TPSA) is 30.0 Å². The van der Waals surface area contributed by atoms with E-state index in [0.29, 0.717) is 0 Å². The van der Waals surface area contributed by atoms with Gasteiger partial charge in [-0.2, -0.15) is 0 Å². The van der Waals surface area contributed by atoms with Crippen LogP contribution < -0.4 is 0 Å². The monoisotopic (exact) mass is 215 g/mol. The van der Waals surface area contributed by atoms with Crippen molar-refractivity contribution in [3.63, 3.8) is 0 Å². The van der Waals surface area contributed by atoms with Crippen molar-refractivity contribution in [2.75, 3.05) is 0 Å². The predicted octanol–water partition coefficient (Wildman–Crippen LogP) is 2.47. The van der Waals surface area contributed by atoms with Crippen molar-refractivity contribution < 1.29 is 4.79 Å². The van der Waals surface area contributed by atoms with Gasteiger partial charge in [0.15, 0.2) is 0 Å². The average Bonchev–Trinajstić information content (AvgIpc) is 2.69. The first-order valence-electron chi connectivity index (χ1n) is 4.91. The second-order valence-corrected chi connectivity index (χ2v) is 4.47. The van der Waals surface area contributed by atoms with Crippen LogP contribution in [-0.4, -0.2) is 10.8 Å². The van der Waals surface area contributed by atoms with E-state index in [2.05, 4.69) is 4.98 Å². The number of hydrogen-bond acceptors (Lipinski definition) is 3. The Labute approximate surface area is 91.6 Å². The number of aromatic nitrogens is 1. The molecule has 0 amide bonds. The number of fused-ring (bicyclic) bond motifs is 2. The largest absolute Gasteiger partial charge is 0.288 e. The van der Waals surface area contributed by atoms with Crippen molar-refractivity contribution >= 4 is 17.1 Å². The van der Waals surface area contributed by atoms with E-state index >= 15 is 0 Å². The summed E-state index contributed by atoms with van der Waals surface area (Å²) >= 11 is 1.45. The molecule has 74 valence electrons. The summed E-state index contributed by atoms with van der Waals surface area (Å²) in [6, 6.07) is 7.85. The minimum atomic E-state index is 0.139. The quantitative estimate of drug-likeness (QED) is 0.675. The first-order valence-corrected chi connectivity index (χ1v) is 5.79. The highest BCUT2D eigenvalue weighted by Crippen LogP contribution is 2.25. The molecule has 1 aliphatic carbocycles. The van der Waals surface area contributed by atoms with Crippen LogP contribution in [0.5, 0.6) is 0 Å². The van der Waals surface area contributed by atoms with Crippen molar-refractivity contribution in [3.8, 4) is 0 Å². The summed E-state index contributed by atoms with van der Waals surface area (Å²) in [5, 5.41) is 0. The third-order valence-electron chi connectivity index (χ3n) is 2.74. The highest BCUT2D eigenvalue weighted by molar-refractivity contribution is 7.12. The van der Waals surface area contributed by atoms with Crippen molar-refractivity contribution in [1.82, 2.24) is 4.98 Å². The average molecular weight is 215 g/mol. The van der Waals surface area contributed by atoms with Gasteiger partial charge in [0.25, 0.3) is 0 Å². The molecule has 0 spiro atoms. The summed E-state index contributed by atoms with van der Waals surface area (Å²) in [5.41, 5.74) is 4.71. The molecule has 1 aliphatic rings. The number of benzene rings is 1. The highest BCUT2D eigenvalue weighted by Gasteiger charge is 2.22. The number of carbonyl (C=O) groups excluding carboxylic acids is 1. The van der Waals surface area contributed by atoms with Crippen LogP contribution in [0.4, 0.5) is 0 Å². The van der Waals surface area contributed by atoms with E-state index < -0.39 is 0 Å². The fourth-order valence-electron chi connectivity index (χ4n) is 1.97. The van der Waals surface area contributed by atoms with Crippen molar-refractivity contribution in [2.45, 2.75) is 12.8 Å². The maximum Gasteiger partial charge on any atom is 0.205 e. The Kier molecular flexibility index (Phi) is 1.92. The first kappa shape index (κ1) is 8.80. The minimum Gasteiger partial charge on any atom is -0.288 e. The molecule has 0 N–H and O–H groups in total. The molecule has 1 aromatic carbocycles. The van der Waals surface area contributed by atoms with Crippen LogP contribution in [0.15, 0.2) is 29.8 Å². The molecule has 0 radical (unpaired) electrons. The summed E-state index contributed by atoms with van der Waals surface area (Å²) in [7, 11) is 0. The molecule has 0 fully saturated rings. The Morgan fingerprint density at radius 3 is 3.00 bits per heavy atom. The van der Waals surface area contributed by atoms with E-state index in [0.717, 1.165) is 34.5 Å². The van der Waals surface area contributed by atoms with Gasteiger partial charge in [-0.25, -0.2) is 4.98 Å². The van der Waals surface area contributed by atoms with Crippen LogP contribution >= 0.6 is 11.3 Å². The molecule has 2 aromatic rings. The molecule has 3 heteroatoms. The van der Waals surface area contributed by atoms with Crippen LogP contribution in [0.1, 0.15) is 26.5 Å². The van der Waals surface area contributed by atoms with Crippen molar-refractivity contribution in [1.29, 1.82) is 0 Å². The van der Waals surface area contributed by atoms with Gasteiger partial charge < -0.3 is 0 Å². The number of nitrogens with zero attached hydrogens (tertiary/aromatic N) is 1. The number of carbonyl (C=O) groups is 1. The first-order chi connectivity index (χ1) is 7.36. The molecular weight excluding hydrogens is 206 g/mol.